The maximum Gasteiger partial charge on any atom is 0.238 e. The van der Waals surface area contributed by atoms with E-state index in [1.807, 2.05) is 49.4 Å². The molecule has 0 aliphatic rings. The van der Waals surface area contributed by atoms with Gasteiger partial charge in [-0.25, -0.2) is 0 Å². The number of methoxy groups -OCH3 is 1. The summed E-state index contributed by atoms with van der Waals surface area (Å²) in [6.45, 7) is 4.22. The van der Waals surface area contributed by atoms with Crippen LogP contribution in [0.3, 0.4) is 0 Å². The molecule has 0 spiro atoms. The molecule has 150 valence electrons. The van der Waals surface area contributed by atoms with Crippen molar-refractivity contribution in [2.45, 2.75) is 26.4 Å². The van der Waals surface area contributed by atoms with E-state index in [0.717, 1.165) is 27.0 Å². The van der Waals surface area contributed by atoms with Crippen molar-refractivity contribution in [1.29, 1.82) is 0 Å². The molecule has 2 rings (SSSR count). The number of aryl methyl sites for hydroxylation is 1. The SMILES string of the molecule is COc1cccc(CNC(=O)C(C)N(C)CC(=O)Nc2ccc(Br)cc2C)c1. The highest BCUT2D eigenvalue weighted by atomic mass is 79.9. The predicted octanol–water partition coefficient (Wildman–Crippen LogP) is 3.34. The maximum absolute atomic E-state index is 12.4. The largest absolute Gasteiger partial charge is 0.497 e. The van der Waals surface area contributed by atoms with Gasteiger partial charge in [-0.15, -0.1) is 0 Å². The lowest BCUT2D eigenvalue weighted by Crippen LogP contribution is -2.45. The zero-order valence-electron chi connectivity index (χ0n) is 16.6. The molecule has 2 aromatic carbocycles. The molecule has 0 aromatic heterocycles. The van der Waals surface area contributed by atoms with Crippen molar-refractivity contribution in [1.82, 2.24) is 10.2 Å². The number of rotatable bonds is 8. The zero-order valence-corrected chi connectivity index (χ0v) is 18.2. The molecule has 0 aliphatic carbocycles. The van der Waals surface area contributed by atoms with Crippen LogP contribution in [0.5, 0.6) is 5.75 Å². The number of hydrogen-bond donors (Lipinski definition) is 2. The molecular weight excluding hydrogens is 422 g/mol. The van der Waals surface area contributed by atoms with Crippen molar-refractivity contribution in [3.63, 3.8) is 0 Å². The third-order valence-corrected chi connectivity index (χ3v) is 4.99. The van der Waals surface area contributed by atoms with E-state index >= 15 is 0 Å². The van der Waals surface area contributed by atoms with Crippen LogP contribution >= 0.6 is 15.9 Å². The highest BCUT2D eigenvalue weighted by Crippen LogP contribution is 2.20. The van der Waals surface area contributed by atoms with Gasteiger partial charge in [-0.05, 0) is 62.4 Å². The van der Waals surface area contributed by atoms with Gasteiger partial charge in [0, 0.05) is 16.7 Å². The summed E-state index contributed by atoms with van der Waals surface area (Å²) in [7, 11) is 3.36. The molecule has 0 saturated heterocycles. The summed E-state index contributed by atoms with van der Waals surface area (Å²) in [6.07, 6.45) is 0. The summed E-state index contributed by atoms with van der Waals surface area (Å²) in [4.78, 5) is 26.5. The third kappa shape index (κ3) is 6.35. The second-order valence-corrected chi connectivity index (χ2v) is 7.58. The maximum atomic E-state index is 12.4. The quantitative estimate of drug-likeness (QED) is 0.650. The van der Waals surface area contributed by atoms with E-state index in [-0.39, 0.29) is 18.4 Å². The lowest BCUT2D eigenvalue weighted by molar-refractivity contribution is -0.126. The Balaban J connectivity index is 1.85. The summed E-state index contributed by atoms with van der Waals surface area (Å²) >= 11 is 3.40. The number of amides is 2. The summed E-state index contributed by atoms with van der Waals surface area (Å²) in [6, 6.07) is 12.8. The van der Waals surface area contributed by atoms with E-state index in [1.165, 1.54) is 0 Å². The number of hydrogen-bond acceptors (Lipinski definition) is 4. The summed E-state index contributed by atoms with van der Waals surface area (Å²) in [5, 5.41) is 5.78. The number of nitrogens with zero attached hydrogens (tertiary/aromatic N) is 1. The van der Waals surface area contributed by atoms with Crippen LogP contribution in [-0.4, -0.2) is 43.5 Å². The van der Waals surface area contributed by atoms with E-state index in [1.54, 1.807) is 26.0 Å². The number of benzene rings is 2. The van der Waals surface area contributed by atoms with Crippen molar-refractivity contribution < 1.29 is 14.3 Å². The summed E-state index contributed by atoms with van der Waals surface area (Å²) < 4.78 is 6.15. The highest BCUT2D eigenvalue weighted by Gasteiger charge is 2.20. The molecule has 1 unspecified atom stereocenters. The van der Waals surface area contributed by atoms with Crippen molar-refractivity contribution in [2.24, 2.45) is 0 Å². The third-order valence-electron chi connectivity index (χ3n) is 4.50. The molecule has 0 bridgehead atoms. The van der Waals surface area contributed by atoms with Crippen LogP contribution in [0, 0.1) is 6.92 Å². The monoisotopic (exact) mass is 447 g/mol. The van der Waals surface area contributed by atoms with Gasteiger partial charge in [-0.2, -0.15) is 0 Å². The number of halogens is 1. The Kier molecular flexibility index (Phi) is 8.02. The first-order chi connectivity index (χ1) is 13.3. The van der Waals surface area contributed by atoms with Crippen LogP contribution in [0.25, 0.3) is 0 Å². The van der Waals surface area contributed by atoms with Gasteiger partial charge in [0.2, 0.25) is 11.8 Å². The first-order valence-electron chi connectivity index (χ1n) is 8.97. The van der Waals surface area contributed by atoms with Gasteiger partial charge in [-0.1, -0.05) is 28.1 Å². The highest BCUT2D eigenvalue weighted by molar-refractivity contribution is 9.10. The molecule has 2 N–H and O–H groups in total. The Morgan fingerprint density at radius 1 is 1.21 bits per heavy atom. The van der Waals surface area contributed by atoms with Crippen LogP contribution in [0.15, 0.2) is 46.9 Å². The molecule has 1 atom stereocenters. The average Bonchev–Trinajstić information content (AvgIpc) is 2.67. The topological polar surface area (TPSA) is 70.7 Å². The van der Waals surface area contributed by atoms with Gasteiger partial charge in [-0.3, -0.25) is 14.5 Å². The molecule has 2 aromatic rings. The Labute approximate surface area is 174 Å². The molecule has 0 aliphatic heterocycles. The predicted molar refractivity (Wildman–Crippen MR) is 114 cm³/mol. The van der Waals surface area contributed by atoms with Gasteiger partial charge in [0.25, 0.3) is 0 Å². The zero-order chi connectivity index (χ0) is 20.7. The minimum atomic E-state index is -0.442. The van der Waals surface area contributed by atoms with Crippen LogP contribution in [-0.2, 0) is 16.1 Å². The number of ether oxygens (including phenoxy) is 1. The van der Waals surface area contributed by atoms with Crippen LogP contribution < -0.4 is 15.4 Å². The van der Waals surface area contributed by atoms with E-state index in [4.69, 9.17) is 4.74 Å². The molecule has 6 nitrogen and oxygen atoms in total. The fourth-order valence-corrected chi connectivity index (χ4v) is 3.12. The fourth-order valence-electron chi connectivity index (χ4n) is 2.64. The van der Waals surface area contributed by atoms with Gasteiger partial charge >= 0.3 is 0 Å². The minimum absolute atomic E-state index is 0.114. The number of carbonyl (C=O) groups excluding carboxylic acids is 2. The average molecular weight is 448 g/mol. The van der Waals surface area contributed by atoms with Gasteiger partial charge in [0.05, 0.1) is 19.7 Å². The molecule has 0 heterocycles. The van der Waals surface area contributed by atoms with Crippen LogP contribution in [0.1, 0.15) is 18.1 Å². The van der Waals surface area contributed by atoms with Crippen molar-refractivity contribution in [3.05, 3.63) is 58.1 Å². The van der Waals surface area contributed by atoms with E-state index < -0.39 is 6.04 Å². The standard InChI is InChI=1S/C21H26BrN3O3/c1-14-10-17(22)8-9-19(14)24-20(26)13-25(3)15(2)21(27)23-12-16-6-5-7-18(11-16)28-4/h5-11,15H,12-13H2,1-4H3,(H,23,27)(H,24,26). The Morgan fingerprint density at radius 3 is 2.64 bits per heavy atom. The normalized spacial score (nSPS) is 11.8. The van der Waals surface area contributed by atoms with Crippen LogP contribution in [0.2, 0.25) is 0 Å². The molecular formula is C21H26BrN3O3. The van der Waals surface area contributed by atoms with Crippen molar-refractivity contribution in [2.75, 3.05) is 26.0 Å². The number of anilines is 1. The Morgan fingerprint density at radius 2 is 1.96 bits per heavy atom. The lowest BCUT2D eigenvalue weighted by atomic mass is 10.2. The van der Waals surface area contributed by atoms with Gasteiger partial charge in [0.1, 0.15) is 5.75 Å². The first kappa shape index (κ1) is 21.9. The molecule has 0 saturated carbocycles. The first-order valence-corrected chi connectivity index (χ1v) is 9.76. The minimum Gasteiger partial charge on any atom is -0.497 e. The fraction of sp³-hybridized carbons (Fsp3) is 0.333. The Bertz CT molecular complexity index is 841. The van der Waals surface area contributed by atoms with E-state index in [2.05, 4.69) is 26.6 Å². The van der Waals surface area contributed by atoms with Crippen molar-refractivity contribution in [3.8, 4) is 5.75 Å². The second kappa shape index (κ2) is 10.2. The number of nitrogens with one attached hydrogen (secondary N) is 2. The lowest BCUT2D eigenvalue weighted by Gasteiger charge is -2.23. The number of carbonyl (C=O) groups is 2. The number of likely N-dealkylation sites (N-methyl/N-ethyl adjacent to an activating group) is 1. The second-order valence-electron chi connectivity index (χ2n) is 6.67. The van der Waals surface area contributed by atoms with Crippen molar-refractivity contribution >= 4 is 33.4 Å². The molecule has 7 heteroatoms. The van der Waals surface area contributed by atoms with Crippen LogP contribution in [0.4, 0.5) is 5.69 Å². The molecule has 0 fully saturated rings. The summed E-state index contributed by atoms with van der Waals surface area (Å²) in [5.41, 5.74) is 2.68. The molecule has 28 heavy (non-hydrogen) atoms. The van der Waals surface area contributed by atoms with Gasteiger partial charge < -0.3 is 15.4 Å². The van der Waals surface area contributed by atoms with E-state index in [0.29, 0.717) is 6.54 Å². The van der Waals surface area contributed by atoms with E-state index in [9.17, 15) is 9.59 Å². The smallest absolute Gasteiger partial charge is 0.238 e. The molecule has 0 radical (unpaired) electrons. The summed E-state index contributed by atoms with van der Waals surface area (Å²) in [5.74, 6) is 0.440. The molecule has 2 amide bonds. The van der Waals surface area contributed by atoms with Gasteiger partial charge in [0.15, 0.2) is 0 Å². The Hall–Kier alpha value is -2.38.